The van der Waals surface area contributed by atoms with Gasteiger partial charge in [-0.05, 0) is 17.0 Å². The predicted octanol–water partition coefficient (Wildman–Crippen LogP) is 1.67. The lowest BCUT2D eigenvalue weighted by Gasteiger charge is -2.36. The standard InChI is InChI=1S/C17H27N3O/c1-13(2)15-7-5-14(6-8-15)12-20-10-9-18-11-16(20)17(21)19(3)4/h5-8,13,16,18H,9-12H2,1-4H3. The van der Waals surface area contributed by atoms with Gasteiger partial charge < -0.3 is 10.2 Å². The summed E-state index contributed by atoms with van der Waals surface area (Å²) in [5.41, 5.74) is 2.64. The number of nitrogens with zero attached hydrogens (tertiary/aromatic N) is 2. The number of rotatable bonds is 4. The predicted molar refractivity (Wildman–Crippen MR) is 86.3 cm³/mol. The van der Waals surface area contributed by atoms with Gasteiger partial charge in [0.1, 0.15) is 6.04 Å². The van der Waals surface area contributed by atoms with Crippen LogP contribution in [0.2, 0.25) is 0 Å². The second kappa shape index (κ2) is 7.05. The normalized spacial score (nSPS) is 19.8. The van der Waals surface area contributed by atoms with E-state index in [1.54, 1.807) is 4.90 Å². The summed E-state index contributed by atoms with van der Waals surface area (Å²) < 4.78 is 0. The number of amides is 1. The molecule has 1 aromatic carbocycles. The van der Waals surface area contributed by atoms with Gasteiger partial charge in [0.05, 0.1) is 0 Å². The van der Waals surface area contributed by atoms with Crippen molar-refractivity contribution < 1.29 is 4.79 Å². The van der Waals surface area contributed by atoms with Crippen LogP contribution < -0.4 is 5.32 Å². The fourth-order valence-corrected chi connectivity index (χ4v) is 2.72. The van der Waals surface area contributed by atoms with Crippen molar-refractivity contribution in [1.82, 2.24) is 15.1 Å². The molecule has 0 saturated carbocycles. The van der Waals surface area contributed by atoms with Crippen LogP contribution in [-0.4, -0.2) is 55.5 Å². The SMILES string of the molecule is CC(C)c1ccc(CN2CCNCC2C(=O)N(C)C)cc1. The summed E-state index contributed by atoms with van der Waals surface area (Å²) in [4.78, 5) is 16.3. The van der Waals surface area contributed by atoms with Crippen molar-refractivity contribution in [3.63, 3.8) is 0 Å². The number of carbonyl (C=O) groups is 1. The Labute approximate surface area is 128 Å². The Morgan fingerprint density at radius 3 is 2.57 bits per heavy atom. The highest BCUT2D eigenvalue weighted by molar-refractivity contribution is 5.81. The maximum atomic E-state index is 12.3. The van der Waals surface area contributed by atoms with E-state index >= 15 is 0 Å². The highest BCUT2D eigenvalue weighted by Crippen LogP contribution is 2.17. The molecule has 0 bridgehead atoms. The van der Waals surface area contributed by atoms with Crippen LogP contribution in [-0.2, 0) is 11.3 Å². The maximum Gasteiger partial charge on any atom is 0.240 e. The van der Waals surface area contributed by atoms with Gasteiger partial charge in [-0.3, -0.25) is 9.69 Å². The van der Waals surface area contributed by atoms with Crippen LogP contribution >= 0.6 is 0 Å². The lowest BCUT2D eigenvalue weighted by Crippen LogP contribution is -2.57. The molecule has 1 N–H and O–H groups in total. The topological polar surface area (TPSA) is 35.6 Å². The van der Waals surface area contributed by atoms with Crippen LogP contribution in [0.15, 0.2) is 24.3 Å². The molecule has 2 rings (SSSR count). The Balaban J connectivity index is 2.06. The van der Waals surface area contributed by atoms with Crippen LogP contribution in [0.3, 0.4) is 0 Å². The largest absolute Gasteiger partial charge is 0.347 e. The van der Waals surface area contributed by atoms with Crippen LogP contribution in [0.25, 0.3) is 0 Å². The Bertz CT molecular complexity index is 467. The Kier molecular flexibility index (Phi) is 5.37. The zero-order chi connectivity index (χ0) is 15.4. The van der Waals surface area contributed by atoms with Crippen LogP contribution in [0.1, 0.15) is 30.9 Å². The molecular weight excluding hydrogens is 262 g/mol. The molecular formula is C17H27N3O. The summed E-state index contributed by atoms with van der Waals surface area (Å²) >= 11 is 0. The molecule has 1 amide bonds. The van der Waals surface area contributed by atoms with E-state index in [-0.39, 0.29) is 11.9 Å². The minimum absolute atomic E-state index is 0.0569. The van der Waals surface area contributed by atoms with Crippen LogP contribution in [0, 0.1) is 0 Å². The quantitative estimate of drug-likeness (QED) is 0.916. The van der Waals surface area contributed by atoms with E-state index in [9.17, 15) is 4.79 Å². The molecule has 1 aliphatic rings. The molecule has 1 aromatic rings. The molecule has 1 atom stereocenters. The first-order chi connectivity index (χ1) is 9.99. The molecule has 0 radical (unpaired) electrons. The number of hydrogen-bond donors (Lipinski definition) is 1. The number of benzene rings is 1. The fraction of sp³-hybridized carbons (Fsp3) is 0.588. The van der Waals surface area contributed by atoms with Crippen molar-refractivity contribution >= 4 is 5.91 Å². The molecule has 1 unspecified atom stereocenters. The summed E-state index contributed by atoms with van der Waals surface area (Å²) in [6, 6.07) is 8.72. The molecule has 1 aliphatic heterocycles. The van der Waals surface area contributed by atoms with Crippen molar-refractivity contribution in [3.05, 3.63) is 35.4 Å². The average molecular weight is 289 g/mol. The summed E-state index contributed by atoms with van der Waals surface area (Å²) in [6.45, 7) is 7.84. The van der Waals surface area contributed by atoms with E-state index in [0.717, 1.165) is 26.2 Å². The number of piperazine rings is 1. The summed E-state index contributed by atoms with van der Waals surface area (Å²) in [5, 5.41) is 3.32. The molecule has 4 nitrogen and oxygen atoms in total. The van der Waals surface area contributed by atoms with E-state index in [2.05, 4.69) is 48.3 Å². The zero-order valence-electron chi connectivity index (χ0n) is 13.6. The molecule has 0 aliphatic carbocycles. The summed E-state index contributed by atoms with van der Waals surface area (Å²) in [6.07, 6.45) is 0. The van der Waals surface area contributed by atoms with E-state index < -0.39 is 0 Å². The van der Waals surface area contributed by atoms with Crippen LogP contribution in [0.5, 0.6) is 0 Å². The number of carbonyl (C=O) groups excluding carboxylic acids is 1. The van der Waals surface area contributed by atoms with Gasteiger partial charge in [-0.1, -0.05) is 38.1 Å². The summed E-state index contributed by atoms with van der Waals surface area (Å²) in [5.74, 6) is 0.738. The van der Waals surface area contributed by atoms with Gasteiger partial charge in [-0.2, -0.15) is 0 Å². The van der Waals surface area contributed by atoms with Gasteiger partial charge in [-0.25, -0.2) is 0 Å². The first-order valence-electron chi connectivity index (χ1n) is 7.74. The van der Waals surface area contributed by atoms with Gasteiger partial charge in [0, 0.05) is 40.3 Å². The lowest BCUT2D eigenvalue weighted by molar-refractivity contribution is -0.135. The Morgan fingerprint density at radius 2 is 2.00 bits per heavy atom. The average Bonchev–Trinajstić information content (AvgIpc) is 2.47. The fourth-order valence-electron chi connectivity index (χ4n) is 2.72. The van der Waals surface area contributed by atoms with Crippen molar-refractivity contribution in [2.45, 2.75) is 32.4 Å². The highest BCUT2D eigenvalue weighted by Gasteiger charge is 2.29. The van der Waals surface area contributed by atoms with Gasteiger partial charge >= 0.3 is 0 Å². The third kappa shape index (κ3) is 4.05. The van der Waals surface area contributed by atoms with Crippen molar-refractivity contribution in [3.8, 4) is 0 Å². The van der Waals surface area contributed by atoms with Crippen molar-refractivity contribution in [2.75, 3.05) is 33.7 Å². The number of likely N-dealkylation sites (N-methyl/N-ethyl adjacent to an activating group) is 1. The molecule has 4 heteroatoms. The number of hydrogen-bond acceptors (Lipinski definition) is 3. The molecule has 0 spiro atoms. The van der Waals surface area contributed by atoms with E-state index in [1.807, 2.05) is 14.1 Å². The zero-order valence-corrected chi connectivity index (χ0v) is 13.6. The molecule has 1 saturated heterocycles. The van der Waals surface area contributed by atoms with Crippen molar-refractivity contribution in [2.24, 2.45) is 0 Å². The Hall–Kier alpha value is -1.39. The lowest BCUT2D eigenvalue weighted by atomic mass is 10.0. The third-order valence-corrected chi connectivity index (χ3v) is 4.11. The van der Waals surface area contributed by atoms with E-state index in [0.29, 0.717) is 5.92 Å². The molecule has 1 heterocycles. The number of nitrogens with one attached hydrogen (secondary N) is 1. The van der Waals surface area contributed by atoms with Gasteiger partial charge in [0.25, 0.3) is 0 Å². The summed E-state index contributed by atoms with van der Waals surface area (Å²) in [7, 11) is 3.65. The van der Waals surface area contributed by atoms with E-state index in [1.165, 1.54) is 11.1 Å². The van der Waals surface area contributed by atoms with Crippen LogP contribution in [0.4, 0.5) is 0 Å². The smallest absolute Gasteiger partial charge is 0.240 e. The molecule has 116 valence electrons. The highest BCUT2D eigenvalue weighted by atomic mass is 16.2. The second-order valence-corrected chi connectivity index (χ2v) is 6.32. The molecule has 21 heavy (non-hydrogen) atoms. The minimum Gasteiger partial charge on any atom is -0.347 e. The van der Waals surface area contributed by atoms with E-state index in [4.69, 9.17) is 0 Å². The first kappa shape index (κ1) is 16.0. The molecule has 1 fully saturated rings. The van der Waals surface area contributed by atoms with Gasteiger partial charge in [0.2, 0.25) is 5.91 Å². The molecule has 0 aromatic heterocycles. The monoisotopic (exact) mass is 289 g/mol. The van der Waals surface area contributed by atoms with Crippen molar-refractivity contribution in [1.29, 1.82) is 0 Å². The van der Waals surface area contributed by atoms with Gasteiger partial charge in [-0.15, -0.1) is 0 Å². The minimum atomic E-state index is -0.0569. The maximum absolute atomic E-state index is 12.3. The van der Waals surface area contributed by atoms with Gasteiger partial charge in [0.15, 0.2) is 0 Å². The second-order valence-electron chi connectivity index (χ2n) is 6.32. The Morgan fingerprint density at radius 1 is 1.33 bits per heavy atom. The first-order valence-corrected chi connectivity index (χ1v) is 7.74. The third-order valence-electron chi connectivity index (χ3n) is 4.11.